The number of amides is 2. The van der Waals surface area contributed by atoms with Crippen LogP contribution in [0.5, 0.6) is 5.75 Å². The van der Waals surface area contributed by atoms with Crippen molar-refractivity contribution in [2.45, 2.75) is 24.9 Å². The largest absolute Gasteiger partial charge is 0.508 e. The molecule has 1 rings (SSSR count). The van der Waals surface area contributed by atoms with E-state index in [0.29, 0.717) is 5.56 Å². The minimum atomic E-state index is -1.23. The molecule has 2 amide bonds. The molecule has 0 fully saturated rings. The molecule has 2 unspecified atom stereocenters. The van der Waals surface area contributed by atoms with Crippen molar-refractivity contribution in [3.8, 4) is 5.75 Å². The Balaban J connectivity index is 2.69. The number of carbonyl (C=O) groups excluding carboxylic acids is 2. The van der Waals surface area contributed by atoms with Crippen LogP contribution < -0.4 is 16.8 Å². The lowest BCUT2D eigenvalue weighted by atomic mass is 10.0. The van der Waals surface area contributed by atoms with Gasteiger partial charge < -0.3 is 27.0 Å². The summed E-state index contributed by atoms with van der Waals surface area (Å²) in [4.78, 5) is 33.5. The van der Waals surface area contributed by atoms with Crippen molar-refractivity contribution in [3.63, 3.8) is 0 Å². The molecule has 0 bridgehead atoms. The summed E-state index contributed by atoms with van der Waals surface area (Å²) in [7, 11) is 0. The minimum absolute atomic E-state index is 0.0185. The van der Waals surface area contributed by atoms with Crippen molar-refractivity contribution in [2.24, 2.45) is 11.5 Å². The number of hydrogen-bond acceptors (Lipinski definition) is 5. The van der Waals surface area contributed by atoms with Gasteiger partial charge in [0.15, 0.2) is 0 Å². The molecule has 0 radical (unpaired) electrons. The zero-order valence-corrected chi connectivity index (χ0v) is 11.2. The van der Waals surface area contributed by atoms with Crippen molar-refractivity contribution in [1.29, 1.82) is 0 Å². The standard InChI is InChI=1S/C13H17N3O5/c14-9(6-11(15)18)12(19)16-10(13(20)21)5-7-1-3-8(17)4-2-7/h1-4,9-10,17H,5-6,14H2,(H2,15,18)(H,16,19)(H,20,21). The van der Waals surface area contributed by atoms with E-state index in [1.165, 1.54) is 12.1 Å². The van der Waals surface area contributed by atoms with Gasteiger partial charge in [0.25, 0.3) is 0 Å². The average Bonchev–Trinajstić information content (AvgIpc) is 2.39. The normalized spacial score (nSPS) is 13.2. The van der Waals surface area contributed by atoms with Gasteiger partial charge in [-0.2, -0.15) is 0 Å². The molecule has 0 aliphatic heterocycles. The summed E-state index contributed by atoms with van der Waals surface area (Å²) in [6.45, 7) is 0. The third-order valence-corrected chi connectivity index (χ3v) is 2.75. The Morgan fingerprint density at radius 3 is 2.24 bits per heavy atom. The van der Waals surface area contributed by atoms with Crippen LogP contribution in [0.3, 0.4) is 0 Å². The Morgan fingerprint density at radius 2 is 1.76 bits per heavy atom. The summed E-state index contributed by atoms with van der Waals surface area (Å²) in [6.07, 6.45) is -0.345. The van der Waals surface area contributed by atoms with Crippen LogP contribution in [0.1, 0.15) is 12.0 Å². The fraction of sp³-hybridized carbons (Fsp3) is 0.308. The van der Waals surface area contributed by atoms with Crippen LogP contribution in [-0.2, 0) is 20.8 Å². The van der Waals surface area contributed by atoms with Crippen LogP contribution in [0.2, 0.25) is 0 Å². The smallest absolute Gasteiger partial charge is 0.326 e. The molecule has 0 heterocycles. The van der Waals surface area contributed by atoms with Crippen molar-refractivity contribution < 1.29 is 24.6 Å². The zero-order valence-electron chi connectivity index (χ0n) is 11.2. The van der Waals surface area contributed by atoms with Gasteiger partial charge >= 0.3 is 5.97 Å². The predicted octanol–water partition coefficient (Wildman–Crippen LogP) is -1.29. The van der Waals surface area contributed by atoms with E-state index in [-0.39, 0.29) is 18.6 Å². The van der Waals surface area contributed by atoms with Gasteiger partial charge in [-0.1, -0.05) is 12.1 Å². The number of hydrogen-bond donors (Lipinski definition) is 5. The molecule has 0 saturated carbocycles. The van der Waals surface area contributed by atoms with Gasteiger partial charge in [0.05, 0.1) is 12.5 Å². The lowest BCUT2D eigenvalue weighted by molar-refractivity contribution is -0.142. The fourth-order valence-electron chi connectivity index (χ4n) is 1.66. The summed E-state index contributed by atoms with van der Waals surface area (Å²) >= 11 is 0. The topological polar surface area (TPSA) is 156 Å². The van der Waals surface area contributed by atoms with Crippen LogP contribution in [0, 0.1) is 0 Å². The number of phenols is 1. The third-order valence-electron chi connectivity index (χ3n) is 2.75. The molecule has 21 heavy (non-hydrogen) atoms. The quantitative estimate of drug-likeness (QED) is 0.421. The molecule has 8 nitrogen and oxygen atoms in total. The molecular formula is C13H17N3O5. The number of carboxylic acids is 1. The lowest BCUT2D eigenvalue weighted by Gasteiger charge is -2.17. The van der Waals surface area contributed by atoms with Crippen molar-refractivity contribution in [3.05, 3.63) is 29.8 Å². The van der Waals surface area contributed by atoms with E-state index in [2.05, 4.69) is 5.32 Å². The number of aliphatic carboxylic acids is 1. The predicted molar refractivity (Wildman–Crippen MR) is 73.2 cm³/mol. The van der Waals surface area contributed by atoms with Crippen molar-refractivity contribution in [2.75, 3.05) is 0 Å². The highest BCUT2D eigenvalue weighted by atomic mass is 16.4. The number of carboxylic acid groups (broad SMARTS) is 1. The molecule has 1 aromatic carbocycles. The van der Waals surface area contributed by atoms with Crippen molar-refractivity contribution in [1.82, 2.24) is 5.32 Å². The zero-order chi connectivity index (χ0) is 16.0. The van der Waals surface area contributed by atoms with E-state index in [1.54, 1.807) is 12.1 Å². The number of carbonyl (C=O) groups is 3. The number of nitrogens with one attached hydrogen (secondary N) is 1. The van der Waals surface area contributed by atoms with E-state index in [0.717, 1.165) is 0 Å². The maximum absolute atomic E-state index is 11.7. The molecule has 1 aromatic rings. The summed E-state index contributed by atoms with van der Waals surface area (Å²) in [5.41, 5.74) is 11.0. The van der Waals surface area contributed by atoms with Gasteiger partial charge in [0.1, 0.15) is 11.8 Å². The summed E-state index contributed by atoms with van der Waals surface area (Å²) < 4.78 is 0. The van der Waals surface area contributed by atoms with E-state index in [9.17, 15) is 14.4 Å². The van der Waals surface area contributed by atoms with E-state index in [1.807, 2.05) is 0 Å². The van der Waals surface area contributed by atoms with E-state index >= 15 is 0 Å². The first-order valence-corrected chi connectivity index (χ1v) is 6.14. The highest BCUT2D eigenvalue weighted by Gasteiger charge is 2.24. The second-order valence-corrected chi connectivity index (χ2v) is 4.55. The highest BCUT2D eigenvalue weighted by molar-refractivity contribution is 5.90. The van der Waals surface area contributed by atoms with E-state index < -0.39 is 29.9 Å². The number of nitrogens with two attached hydrogens (primary N) is 2. The third kappa shape index (κ3) is 5.49. The molecule has 0 aliphatic carbocycles. The maximum atomic E-state index is 11.7. The molecule has 0 aliphatic rings. The first-order valence-electron chi connectivity index (χ1n) is 6.14. The molecule has 0 saturated heterocycles. The molecule has 2 atom stereocenters. The van der Waals surface area contributed by atoms with Crippen LogP contribution in [0.4, 0.5) is 0 Å². The Bertz CT molecular complexity index is 529. The Labute approximate surface area is 120 Å². The molecule has 0 aromatic heterocycles. The van der Waals surface area contributed by atoms with Crippen LogP contribution in [0.25, 0.3) is 0 Å². The van der Waals surface area contributed by atoms with Crippen LogP contribution >= 0.6 is 0 Å². The second kappa shape index (κ2) is 7.25. The molecule has 8 heteroatoms. The molecule has 0 spiro atoms. The minimum Gasteiger partial charge on any atom is -0.508 e. The summed E-state index contributed by atoms with van der Waals surface area (Å²) in [6, 6.07) is 3.52. The number of primary amides is 1. The number of phenolic OH excluding ortho intramolecular Hbond substituents is 1. The van der Waals surface area contributed by atoms with Gasteiger partial charge in [-0.05, 0) is 17.7 Å². The highest BCUT2D eigenvalue weighted by Crippen LogP contribution is 2.11. The van der Waals surface area contributed by atoms with Gasteiger partial charge in [0.2, 0.25) is 11.8 Å². The second-order valence-electron chi connectivity index (χ2n) is 4.55. The maximum Gasteiger partial charge on any atom is 0.326 e. The van der Waals surface area contributed by atoms with Crippen LogP contribution in [-0.4, -0.2) is 40.1 Å². The Hall–Kier alpha value is -2.61. The van der Waals surface area contributed by atoms with Gasteiger partial charge in [-0.3, -0.25) is 9.59 Å². The van der Waals surface area contributed by atoms with Gasteiger partial charge in [-0.25, -0.2) is 4.79 Å². The van der Waals surface area contributed by atoms with Crippen LogP contribution in [0.15, 0.2) is 24.3 Å². The molecular weight excluding hydrogens is 278 g/mol. The molecule has 114 valence electrons. The van der Waals surface area contributed by atoms with Gasteiger partial charge in [0, 0.05) is 6.42 Å². The van der Waals surface area contributed by atoms with Crippen molar-refractivity contribution >= 4 is 17.8 Å². The lowest BCUT2D eigenvalue weighted by Crippen LogP contribution is -2.50. The average molecular weight is 295 g/mol. The number of rotatable bonds is 7. The SMILES string of the molecule is NC(=O)CC(N)C(=O)NC(Cc1ccc(O)cc1)C(=O)O. The van der Waals surface area contributed by atoms with E-state index in [4.69, 9.17) is 21.7 Å². The monoisotopic (exact) mass is 295 g/mol. The Kier molecular flexibility index (Phi) is 5.67. The molecule has 7 N–H and O–H groups in total. The van der Waals surface area contributed by atoms with Gasteiger partial charge in [-0.15, -0.1) is 0 Å². The fourth-order valence-corrected chi connectivity index (χ4v) is 1.66. The number of aromatic hydroxyl groups is 1. The Morgan fingerprint density at radius 1 is 1.19 bits per heavy atom. The summed E-state index contributed by atoms with van der Waals surface area (Å²) in [5, 5.41) is 20.5. The first kappa shape index (κ1) is 16.4. The first-order chi connectivity index (χ1) is 9.79. The summed E-state index contributed by atoms with van der Waals surface area (Å²) in [5.74, 6) is -2.69. The number of benzene rings is 1.